The molecular weight excluding hydrogens is 652 g/mol. The lowest BCUT2D eigenvalue weighted by Gasteiger charge is -2.37. The van der Waals surface area contributed by atoms with Crippen LogP contribution in [0.2, 0.25) is 0 Å². The molecule has 5 aromatic carbocycles. The van der Waals surface area contributed by atoms with Crippen molar-refractivity contribution in [3.63, 3.8) is 0 Å². The number of aromatic nitrogens is 2. The molecule has 9 nitrogen and oxygen atoms in total. The van der Waals surface area contributed by atoms with Crippen LogP contribution in [0.4, 0.5) is 4.79 Å². The number of nitrogens with one attached hydrogen (secondary N) is 1. The number of ether oxygens (including phenoxy) is 1. The molecule has 6 rings (SSSR count). The Hall–Kier alpha value is -6.48. The summed E-state index contributed by atoms with van der Waals surface area (Å²) in [5.74, 6) is -1.75. The summed E-state index contributed by atoms with van der Waals surface area (Å²) in [5.41, 5.74) is 5.25. The lowest BCUT2D eigenvalue weighted by atomic mass is 9.77. The van der Waals surface area contributed by atoms with E-state index in [0.29, 0.717) is 5.69 Å². The minimum atomic E-state index is -1.18. The standard InChI is InChI=1S/C43H40N4O5/c1-32-22-24-33(25-23-32)27-46(29-40(48)49)41(50)39(45-42(51)52-30-34-14-6-2-7-15-34)26-38-28-47(31-44-38)43(35-16-8-3-9-17-35,36-18-10-4-11-19-36)37-20-12-5-13-21-37/h2-25,28,31,39H,26-27,29-30H2,1H3,(H,45,51)(H,48,49). The molecule has 52 heavy (non-hydrogen) atoms. The van der Waals surface area contributed by atoms with Gasteiger partial charge in [0.25, 0.3) is 0 Å². The number of hydrogen-bond donors (Lipinski definition) is 2. The Bertz CT molecular complexity index is 1970. The Morgan fingerprint density at radius 3 is 1.79 bits per heavy atom. The molecular formula is C43H40N4O5. The van der Waals surface area contributed by atoms with Gasteiger partial charge in [0.15, 0.2) is 0 Å². The van der Waals surface area contributed by atoms with Gasteiger partial charge in [0.2, 0.25) is 5.91 Å². The Morgan fingerprint density at radius 2 is 1.27 bits per heavy atom. The van der Waals surface area contributed by atoms with Crippen molar-refractivity contribution in [2.24, 2.45) is 0 Å². The SMILES string of the molecule is Cc1ccc(CN(CC(=O)O)C(=O)C(Cc2cn(C(c3ccccc3)(c3ccccc3)c3ccccc3)cn2)NC(=O)OCc2ccccc2)cc1. The second-order valence-electron chi connectivity index (χ2n) is 12.6. The monoisotopic (exact) mass is 692 g/mol. The van der Waals surface area contributed by atoms with Gasteiger partial charge in [0, 0.05) is 19.2 Å². The van der Waals surface area contributed by atoms with Crippen LogP contribution in [-0.4, -0.2) is 50.1 Å². The maximum Gasteiger partial charge on any atom is 0.408 e. The number of carboxylic acid groups (broad SMARTS) is 1. The molecule has 1 unspecified atom stereocenters. The average molecular weight is 693 g/mol. The molecule has 9 heteroatoms. The van der Waals surface area contributed by atoms with Crippen LogP contribution >= 0.6 is 0 Å². The molecule has 6 aromatic rings. The summed E-state index contributed by atoms with van der Waals surface area (Å²) in [6.07, 6.45) is 2.79. The molecule has 1 heterocycles. The Morgan fingerprint density at radius 1 is 0.750 bits per heavy atom. The van der Waals surface area contributed by atoms with Crippen LogP contribution in [0.1, 0.15) is 39.1 Å². The first-order valence-electron chi connectivity index (χ1n) is 17.1. The number of carbonyl (C=O) groups excluding carboxylic acids is 2. The molecule has 1 aromatic heterocycles. The lowest BCUT2D eigenvalue weighted by molar-refractivity contribution is -0.145. The Kier molecular flexibility index (Phi) is 11.2. The number of alkyl carbamates (subject to hydrolysis) is 1. The summed E-state index contributed by atoms with van der Waals surface area (Å²) >= 11 is 0. The van der Waals surface area contributed by atoms with E-state index in [1.807, 2.05) is 127 Å². The van der Waals surface area contributed by atoms with Crippen molar-refractivity contribution in [2.45, 2.75) is 38.1 Å². The number of carboxylic acids is 1. The van der Waals surface area contributed by atoms with Gasteiger partial charge in [0.05, 0.1) is 12.0 Å². The van der Waals surface area contributed by atoms with E-state index in [4.69, 9.17) is 9.72 Å². The van der Waals surface area contributed by atoms with Crippen LogP contribution in [0.15, 0.2) is 158 Å². The minimum absolute atomic E-state index is 0.00182. The third-order valence-corrected chi connectivity index (χ3v) is 8.95. The van der Waals surface area contributed by atoms with E-state index in [-0.39, 0.29) is 19.6 Å². The van der Waals surface area contributed by atoms with Crippen molar-refractivity contribution < 1.29 is 24.2 Å². The summed E-state index contributed by atoms with van der Waals surface area (Å²) in [7, 11) is 0. The summed E-state index contributed by atoms with van der Waals surface area (Å²) in [4.78, 5) is 45.6. The van der Waals surface area contributed by atoms with Gasteiger partial charge in [-0.15, -0.1) is 0 Å². The molecule has 0 spiro atoms. The quantitative estimate of drug-likeness (QED) is 0.119. The molecule has 2 amide bonds. The molecule has 0 aliphatic carbocycles. The molecule has 0 saturated carbocycles. The predicted molar refractivity (Wildman–Crippen MR) is 198 cm³/mol. The topological polar surface area (TPSA) is 114 Å². The predicted octanol–water partition coefficient (Wildman–Crippen LogP) is 6.98. The van der Waals surface area contributed by atoms with Crippen molar-refractivity contribution in [1.29, 1.82) is 0 Å². The van der Waals surface area contributed by atoms with E-state index in [0.717, 1.165) is 33.4 Å². The van der Waals surface area contributed by atoms with Crippen LogP contribution in [-0.2, 0) is 39.4 Å². The Balaban J connectivity index is 1.37. The number of imidazole rings is 1. The van der Waals surface area contributed by atoms with Gasteiger partial charge in [-0.3, -0.25) is 9.59 Å². The fourth-order valence-corrected chi connectivity index (χ4v) is 6.46. The first-order valence-corrected chi connectivity index (χ1v) is 17.1. The number of aryl methyl sites for hydroxylation is 1. The van der Waals surface area contributed by atoms with Gasteiger partial charge in [-0.2, -0.15) is 0 Å². The third-order valence-electron chi connectivity index (χ3n) is 8.95. The minimum Gasteiger partial charge on any atom is -0.480 e. The number of hydrogen-bond acceptors (Lipinski definition) is 5. The number of amides is 2. The van der Waals surface area contributed by atoms with Crippen molar-refractivity contribution in [3.05, 3.63) is 197 Å². The lowest BCUT2D eigenvalue weighted by Crippen LogP contribution is -2.50. The number of nitrogens with zero attached hydrogens (tertiary/aromatic N) is 3. The molecule has 0 radical (unpaired) electrons. The van der Waals surface area contributed by atoms with E-state index in [9.17, 15) is 19.5 Å². The smallest absolute Gasteiger partial charge is 0.408 e. The van der Waals surface area contributed by atoms with Crippen molar-refractivity contribution >= 4 is 18.0 Å². The largest absolute Gasteiger partial charge is 0.480 e. The zero-order valence-electron chi connectivity index (χ0n) is 28.8. The van der Waals surface area contributed by atoms with Crippen LogP contribution < -0.4 is 5.32 Å². The van der Waals surface area contributed by atoms with Crippen LogP contribution in [0.3, 0.4) is 0 Å². The molecule has 0 aliphatic rings. The van der Waals surface area contributed by atoms with Crippen molar-refractivity contribution in [1.82, 2.24) is 19.8 Å². The van der Waals surface area contributed by atoms with Gasteiger partial charge in [0.1, 0.15) is 24.7 Å². The number of rotatable bonds is 14. The van der Waals surface area contributed by atoms with Crippen LogP contribution in [0.25, 0.3) is 0 Å². The molecule has 0 saturated heterocycles. The number of carbonyl (C=O) groups is 3. The average Bonchev–Trinajstić information content (AvgIpc) is 3.64. The van der Waals surface area contributed by atoms with E-state index in [2.05, 4.69) is 41.7 Å². The van der Waals surface area contributed by atoms with Gasteiger partial charge >= 0.3 is 12.1 Å². The van der Waals surface area contributed by atoms with E-state index in [1.165, 1.54) is 4.90 Å². The van der Waals surface area contributed by atoms with E-state index in [1.54, 1.807) is 6.33 Å². The Labute approximate surface area is 303 Å². The zero-order chi connectivity index (χ0) is 36.3. The summed E-state index contributed by atoms with van der Waals surface area (Å²) in [6, 6.07) is 45.9. The normalized spacial score (nSPS) is 11.7. The van der Waals surface area contributed by atoms with Crippen molar-refractivity contribution in [3.8, 4) is 0 Å². The number of benzene rings is 5. The highest BCUT2D eigenvalue weighted by Gasteiger charge is 2.39. The molecule has 1 atom stereocenters. The van der Waals surface area contributed by atoms with Gasteiger partial charge in [-0.1, -0.05) is 151 Å². The third kappa shape index (κ3) is 8.27. The maximum atomic E-state index is 14.3. The first-order chi connectivity index (χ1) is 25.3. The van der Waals surface area contributed by atoms with Gasteiger partial charge in [-0.25, -0.2) is 9.78 Å². The van der Waals surface area contributed by atoms with Crippen LogP contribution in [0, 0.1) is 6.92 Å². The summed E-state index contributed by atoms with van der Waals surface area (Å²) in [6.45, 7) is 1.43. The number of aliphatic carboxylic acids is 1. The maximum absolute atomic E-state index is 14.3. The summed E-state index contributed by atoms with van der Waals surface area (Å²) in [5, 5.41) is 12.5. The first kappa shape index (κ1) is 35.3. The molecule has 2 N–H and O–H groups in total. The molecule has 262 valence electrons. The zero-order valence-corrected chi connectivity index (χ0v) is 28.8. The molecule has 0 bridgehead atoms. The highest BCUT2D eigenvalue weighted by molar-refractivity contribution is 5.88. The van der Waals surface area contributed by atoms with E-state index < -0.39 is 36.1 Å². The van der Waals surface area contributed by atoms with E-state index >= 15 is 0 Å². The fourth-order valence-electron chi connectivity index (χ4n) is 6.46. The highest BCUT2D eigenvalue weighted by Crippen LogP contribution is 2.40. The van der Waals surface area contributed by atoms with Crippen molar-refractivity contribution in [2.75, 3.05) is 6.54 Å². The highest BCUT2D eigenvalue weighted by atomic mass is 16.5. The van der Waals surface area contributed by atoms with Crippen LogP contribution in [0.5, 0.6) is 0 Å². The fraction of sp³-hybridized carbons (Fsp3) is 0.163. The van der Waals surface area contributed by atoms with Gasteiger partial charge in [-0.05, 0) is 34.7 Å². The second kappa shape index (κ2) is 16.5. The molecule has 0 aliphatic heterocycles. The molecule has 0 fully saturated rings. The second-order valence-corrected chi connectivity index (χ2v) is 12.6. The summed E-state index contributed by atoms with van der Waals surface area (Å²) < 4.78 is 7.54. The van der Waals surface area contributed by atoms with Gasteiger partial charge < -0.3 is 24.6 Å².